The van der Waals surface area contributed by atoms with Gasteiger partial charge in [0.1, 0.15) is 5.60 Å². The summed E-state index contributed by atoms with van der Waals surface area (Å²) in [7, 11) is 0. The number of amides is 1. The Morgan fingerprint density at radius 2 is 1.88 bits per heavy atom. The summed E-state index contributed by atoms with van der Waals surface area (Å²) < 4.78 is 5.04. The second-order valence-electron chi connectivity index (χ2n) is 6.07. The number of alkyl carbamates (subject to hydrolysis) is 1. The van der Waals surface area contributed by atoms with Crippen molar-refractivity contribution in [1.29, 1.82) is 0 Å². The van der Waals surface area contributed by atoms with E-state index in [4.69, 9.17) is 4.74 Å². The molecule has 0 heterocycles. The van der Waals surface area contributed by atoms with E-state index in [-0.39, 0.29) is 23.7 Å². The van der Waals surface area contributed by atoms with Crippen molar-refractivity contribution in [3.63, 3.8) is 0 Å². The van der Waals surface area contributed by atoms with Crippen LogP contribution >= 0.6 is 0 Å². The summed E-state index contributed by atoms with van der Waals surface area (Å²) in [6.45, 7) is 9.56. The first-order valence-corrected chi connectivity index (χ1v) is 5.61. The molecule has 0 aliphatic heterocycles. The molecule has 1 aliphatic rings. The molecule has 0 spiro atoms. The van der Waals surface area contributed by atoms with Crippen LogP contribution in [0.3, 0.4) is 0 Å². The molecule has 0 aromatic heterocycles. The van der Waals surface area contributed by atoms with Gasteiger partial charge in [0.25, 0.3) is 0 Å². The van der Waals surface area contributed by atoms with Crippen LogP contribution in [0.4, 0.5) is 4.79 Å². The number of hydrogen-bond acceptors (Lipinski definition) is 3. The lowest BCUT2D eigenvalue weighted by atomic mass is 10.1. The minimum atomic E-state index is -0.528. The smallest absolute Gasteiger partial charge is 0.408 e. The van der Waals surface area contributed by atoms with Crippen molar-refractivity contribution < 1.29 is 14.3 Å². The van der Waals surface area contributed by atoms with E-state index < -0.39 is 11.7 Å². The average molecular weight is 227 g/mol. The van der Waals surface area contributed by atoms with Crippen LogP contribution in [-0.4, -0.2) is 24.0 Å². The topological polar surface area (TPSA) is 55.4 Å². The molecular formula is C12H21NO3. The molecule has 1 saturated carbocycles. The fraction of sp³-hybridized carbons (Fsp3) is 0.833. The minimum absolute atomic E-state index is 0.0724. The molecule has 0 aromatic rings. The number of Topliss-reactive ketones (excluding diaryl/α,β-unsaturated/α-hetero) is 1. The van der Waals surface area contributed by atoms with Crippen LogP contribution in [0.1, 0.15) is 41.0 Å². The molecule has 0 aromatic carbocycles. The summed E-state index contributed by atoms with van der Waals surface area (Å²) in [5.41, 5.74) is -0.404. The van der Waals surface area contributed by atoms with Crippen LogP contribution in [0, 0.1) is 11.3 Å². The van der Waals surface area contributed by atoms with E-state index in [1.807, 2.05) is 0 Å². The van der Waals surface area contributed by atoms with E-state index >= 15 is 0 Å². The molecule has 0 radical (unpaired) electrons. The van der Waals surface area contributed by atoms with Gasteiger partial charge in [-0.15, -0.1) is 0 Å². The zero-order valence-corrected chi connectivity index (χ0v) is 10.7. The van der Waals surface area contributed by atoms with Crippen LogP contribution in [0.2, 0.25) is 0 Å². The van der Waals surface area contributed by atoms with E-state index in [2.05, 4.69) is 19.2 Å². The molecule has 1 rings (SSSR count). The Bertz CT molecular complexity index is 302. The number of ether oxygens (including phenoxy) is 1. The van der Waals surface area contributed by atoms with Crippen LogP contribution in [0.15, 0.2) is 0 Å². The molecule has 1 N–H and O–H groups in total. The Labute approximate surface area is 96.7 Å². The number of ketones is 1. The lowest BCUT2D eigenvalue weighted by Gasteiger charge is -2.19. The molecule has 4 nitrogen and oxygen atoms in total. The quantitative estimate of drug-likeness (QED) is 0.803. The van der Waals surface area contributed by atoms with E-state index in [9.17, 15) is 9.59 Å². The summed E-state index contributed by atoms with van der Waals surface area (Å²) in [4.78, 5) is 22.9. The van der Waals surface area contributed by atoms with E-state index in [1.165, 1.54) is 0 Å². The van der Waals surface area contributed by atoms with E-state index in [1.54, 1.807) is 20.8 Å². The molecule has 1 amide bonds. The van der Waals surface area contributed by atoms with Crippen molar-refractivity contribution in [1.82, 2.24) is 5.32 Å². The summed E-state index contributed by atoms with van der Waals surface area (Å²) in [5.74, 6) is 0.193. The van der Waals surface area contributed by atoms with Gasteiger partial charge in [-0.25, -0.2) is 4.79 Å². The van der Waals surface area contributed by atoms with Crippen LogP contribution in [0.5, 0.6) is 0 Å². The number of carbonyl (C=O) groups is 2. The highest BCUT2D eigenvalue weighted by atomic mass is 16.6. The van der Waals surface area contributed by atoms with Gasteiger partial charge in [0.15, 0.2) is 5.78 Å². The SMILES string of the molecule is CC(C)(C)OC(=O)NCC(=O)[C@@H]1CC1(C)C. The third-order valence-corrected chi connectivity index (χ3v) is 2.71. The molecule has 92 valence electrons. The summed E-state index contributed by atoms with van der Waals surface area (Å²) in [6, 6.07) is 0. The summed E-state index contributed by atoms with van der Waals surface area (Å²) in [5, 5.41) is 2.49. The number of nitrogens with one attached hydrogen (secondary N) is 1. The first kappa shape index (κ1) is 13.0. The summed E-state index contributed by atoms with van der Waals surface area (Å²) >= 11 is 0. The standard InChI is InChI=1S/C12H21NO3/c1-11(2,3)16-10(15)13-7-9(14)8-6-12(8,4)5/h8H,6-7H2,1-5H3,(H,13,15)/t8-/m0/s1. The van der Waals surface area contributed by atoms with Crippen molar-refractivity contribution in [2.24, 2.45) is 11.3 Å². The predicted octanol–water partition coefficient (Wildman–Crippen LogP) is 2.13. The molecule has 1 fully saturated rings. The maximum absolute atomic E-state index is 11.6. The third-order valence-electron chi connectivity index (χ3n) is 2.71. The molecule has 1 atom stereocenters. The largest absolute Gasteiger partial charge is 0.444 e. The fourth-order valence-corrected chi connectivity index (χ4v) is 1.61. The zero-order chi connectivity index (χ0) is 12.6. The van der Waals surface area contributed by atoms with Gasteiger partial charge < -0.3 is 10.1 Å². The highest BCUT2D eigenvalue weighted by Gasteiger charge is 2.49. The van der Waals surface area contributed by atoms with Gasteiger partial charge in [-0.2, -0.15) is 0 Å². The zero-order valence-electron chi connectivity index (χ0n) is 10.7. The van der Waals surface area contributed by atoms with Crippen molar-refractivity contribution in [3.05, 3.63) is 0 Å². The molecule has 16 heavy (non-hydrogen) atoms. The van der Waals surface area contributed by atoms with E-state index in [0.717, 1.165) is 6.42 Å². The molecule has 0 saturated heterocycles. The van der Waals surface area contributed by atoms with Crippen molar-refractivity contribution >= 4 is 11.9 Å². The normalized spacial score (nSPS) is 22.4. The lowest BCUT2D eigenvalue weighted by Crippen LogP contribution is -2.36. The van der Waals surface area contributed by atoms with Gasteiger partial charge in [-0.05, 0) is 32.6 Å². The molecule has 0 bridgehead atoms. The maximum Gasteiger partial charge on any atom is 0.408 e. The monoisotopic (exact) mass is 227 g/mol. The molecule has 4 heteroatoms. The first-order chi connectivity index (χ1) is 7.12. The lowest BCUT2D eigenvalue weighted by molar-refractivity contribution is -0.120. The summed E-state index contributed by atoms with van der Waals surface area (Å²) in [6.07, 6.45) is 0.390. The first-order valence-electron chi connectivity index (χ1n) is 5.61. The second-order valence-corrected chi connectivity index (χ2v) is 6.07. The Hall–Kier alpha value is -1.06. The molecule has 0 unspecified atom stereocenters. The number of hydrogen-bond donors (Lipinski definition) is 1. The average Bonchev–Trinajstić information content (AvgIpc) is 2.68. The Kier molecular flexibility index (Phi) is 3.31. The fourth-order valence-electron chi connectivity index (χ4n) is 1.61. The van der Waals surface area contributed by atoms with Gasteiger partial charge >= 0.3 is 6.09 Å². The van der Waals surface area contributed by atoms with Gasteiger partial charge in [0.2, 0.25) is 0 Å². The predicted molar refractivity (Wildman–Crippen MR) is 61.1 cm³/mol. The number of rotatable bonds is 3. The maximum atomic E-state index is 11.6. The van der Waals surface area contributed by atoms with Crippen molar-refractivity contribution in [2.45, 2.75) is 46.6 Å². The van der Waals surface area contributed by atoms with Crippen LogP contribution < -0.4 is 5.32 Å². The Morgan fingerprint density at radius 3 is 2.25 bits per heavy atom. The van der Waals surface area contributed by atoms with Crippen LogP contribution in [-0.2, 0) is 9.53 Å². The Balaban J connectivity index is 2.25. The number of carbonyl (C=O) groups excluding carboxylic acids is 2. The van der Waals surface area contributed by atoms with Crippen molar-refractivity contribution in [2.75, 3.05) is 6.54 Å². The van der Waals surface area contributed by atoms with Crippen LogP contribution in [0.25, 0.3) is 0 Å². The van der Waals surface area contributed by atoms with Gasteiger partial charge in [-0.1, -0.05) is 13.8 Å². The molecule has 1 aliphatic carbocycles. The van der Waals surface area contributed by atoms with Gasteiger partial charge in [-0.3, -0.25) is 4.79 Å². The minimum Gasteiger partial charge on any atom is -0.444 e. The van der Waals surface area contributed by atoms with Gasteiger partial charge in [0.05, 0.1) is 6.54 Å². The molecular weight excluding hydrogens is 206 g/mol. The third kappa shape index (κ3) is 3.83. The highest BCUT2D eigenvalue weighted by molar-refractivity contribution is 5.88. The van der Waals surface area contributed by atoms with E-state index in [0.29, 0.717) is 0 Å². The second kappa shape index (κ2) is 4.07. The van der Waals surface area contributed by atoms with Crippen molar-refractivity contribution in [3.8, 4) is 0 Å². The van der Waals surface area contributed by atoms with Gasteiger partial charge in [0, 0.05) is 5.92 Å². The highest BCUT2D eigenvalue weighted by Crippen LogP contribution is 2.51. The Morgan fingerprint density at radius 1 is 1.38 bits per heavy atom.